The summed E-state index contributed by atoms with van der Waals surface area (Å²) in [4.78, 5) is 12.2. The molecule has 0 heterocycles. The van der Waals surface area contributed by atoms with Crippen molar-refractivity contribution in [2.75, 3.05) is 7.11 Å². The predicted molar refractivity (Wildman–Crippen MR) is 71.3 cm³/mol. The number of hydrogen-bond acceptors (Lipinski definition) is 3. The molecule has 1 aromatic rings. The van der Waals surface area contributed by atoms with Crippen LogP contribution in [0.1, 0.15) is 37.3 Å². The Morgan fingerprint density at radius 2 is 2.00 bits per heavy atom. The van der Waals surface area contributed by atoms with Crippen LogP contribution >= 0.6 is 0 Å². The number of rotatable bonds is 5. The first-order valence-corrected chi connectivity index (χ1v) is 6.55. The molecule has 0 spiro atoms. The average Bonchev–Trinajstić information content (AvgIpc) is 3.20. The predicted octanol–water partition coefficient (Wildman–Crippen LogP) is 2.53. The summed E-state index contributed by atoms with van der Waals surface area (Å²) >= 11 is 0. The van der Waals surface area contributed by atoms with Crippen LogP contribution in [0.2, 0.25) is 0 Å². The minimum Gasteiger partial charge on any atom is -0.467 e. The second-order valence-corrected chi connectivity index (χ2v) is 5.04. The van der Waals surface area contributed by atoms with E-state index in [-0.39, 0.29) is 5.97 Å². The van der Waals surface area contributed by atoms with Crippen molar-refractivity contribution in [1.82, 2.24) is 5.32 Å². The second-order valence-electron chi connectivity index (χ2n) is 5.04. The van der Waals surface area contributed by atoms with Gasteiger partial charge in [-0.1, -0.05) is 36.8 Å². The topological polar surface area (TPSA) is 38.3 Å². The Balaban J connectivity index is 2.37. The Kier molecular flexibility index (Phi) is 3.71. The van der Waals surface area contributed by atoms with Crippen LogP contribution in [0, 0.1) is 6.92 Å². The van der Waals surface area contributed by atoms with E-state index < -0.39 is 5.54 Å². The third-order valence-electron chi connectivity index (χ3n) is 3.64. The van der Waals surface area contributed by atoms with E-state index in [0.29, 0.717) is 12.5 Å². The molecule has 1 N–H and O–H groups in total. The van der Waals surface area contributed by atoms with Crippen molar-refractivity contribution in [2.45, 2.75) is 44.7 Å². The normalized spacial score (nSPS) is 18.2. The number of carbonyl (C=O) groups excluding carboxylic acids is 1. The molecular formula is C15H21NO2. The highest BCUT2D eigenvalue weighted by Crippen LogP contribution is 2.32. The van der Waals surface area contributed by atoms with Crippen molar-refractivity contribution in [2.24, 2.45) is 0 Å². The van der Waals surface area contributed by atoms with E-state index in [4.69, 9.17) is 4.74 Å². The maximum absolute atomic E-state index is 12.2. The van der Waals surface area contributed by atoms with E-state index in [2.05, 4.69) is 5.32 Å². The molecule has 1 saturated carbocycles. The number of benzene rings is 1. The van der Waals surface area contributed by atoms with Crippen LogP contribution in [0.25, 0.3) is 0 Å². The van der Waals surface area contributed by atoms with Crippen molar-refractivity contribution >= 4 is 5.97 Å². The number of ether oxygens (including phenoxy) is 1. The highest BCUT2D eigenvalue weighted by molar-refractivity contribution is 5.82. The fourth-order valence-electron chi connectivity index (χ4n) is 2.30. The number of esters is 1. The van der Waals surface area contributed by atoms with Crippen LogP contribution in [-0.4, -0.2) is 19.1 Å². The molecule has 0 bridgehead atoms. The standard InChI is InChI=1S/C15H21NO2/c1-4-15(14(17)18-3,16-13-9-10-13)12-7-5-11(2)6-8-12/h5-8,13,16H,4,9-10H2,1-3H3. The highest BCUT2D eigenvalue weighted by atomic mass is 16.5. The lowest BCUT2D eigenvalue weighted by molar-refractivity contribution is -0.149. The molecule has 1 aromatic carbocycles. The molecule has 0 radical (unpaired) electrons. The largest absolute Gasteiger partial charge is 0.467 e. The smallest absolute Gasteiger partial charge is 0.330 e. The Morgan fingerprint density at radius 3 is 2.44 bits per heavy atom. The number of nitrogens with one attached hydrogen (secondary N) is 1. The van der Waals surface area contributed by atoms with Crippen molar-refractivity contribution in [3.8, 4) is 0 Å². The van der Waals surface area contributed by atoms with Crippen molar-refractivity contribution in [3.05, 3.63) is 35.4 Å². The number of methoxy groups -OCH3 is 1. The maximum atomic E-state index is 12.2. The van der Waals surface area contributed by atoms with Gasteiger partial charge in [0, 0.05) is 6.04 Å². The SMILES string of the molecule is CCC(NC1CC1)(C(=O)OC)c1ccc(C)cc1. The molecule has 1 aliphatic carbocycles. The zero-order chi connectivity index (χ0) is 13.2. The lowest BCUT2D eigenvalue weighted by Gasteiger charge is -2.32. The summed E-state index contributed by atoms with van der Waals surface area (Å²) in [7, 11) is 1.45. The number of carbonyl (C=O) groups is 1. The Labute approximate surface area is 109 Å². The Hall–Kier alpha value is -1.35. The van der Waals surface area contributed by atoms with E-state index in [9.17, 15) is 4.79 Å². The van der Waals surface area contributed by atoms with Gasteiger partial charge in [-0.2, -0.15) is 0 Å². The molecule has 3 heteroatoms. The van der Waals surface area contributed by atoms with E-state index >= 15 is 0 Å². The number of aryl methyl sites for hydroxylation is 1. The Morgan fingerprint density at radius 1 is 1.39 bits per heavy atom. The van der Waals surface area contributed by atoms with Crippen LogP contribution in [0.4, 0.5) is 0 Å². The molecule has 2 rings (SSSR count). The van der Waals surface area contributed by atoms with E-state index in [1.165, 1.54) is 12.7 Å². The zero-order valence-electron chi connectivity index (χ0n) is 11.3. The molecule has 98 valence electrons. The molecule has 1 fully saturated rings. The average molecular weight is 247 g/mol. The van der Waals surface area contributed by atoms with Gasteiger partial charge in [0.15, 0.2) is 0 Å². The minimum absolute atomic E-state index is 0.194. The molecule has 0 amide bonds. The van der Waals surface area contributed by atoms with Crippen molar-refractivity contribution in [3.63, 3.8) is 0 Å². The number of hydrogen-bond donors (Lipinski definition) is 1. The van der Waals surface area contributed by atoms with Gasteiger partial charge in [0.25, 0.3) is 0 Å². The lowest BCUT2D eigenvalue weighted by atomic mass is 9.86. The fourth-order valence-corrected chi connectivity index (χ4v) is 2.30. The van der Waals surface area contributed by atoms with E-state index in [1.807, 2.05) is 38.1 Å². The van der Waals surface area contributed by atoms with Crippen LogP contribution in [0.15, 0.2) is 24.3 Å². The first-order chi connectivity index (χ1) is 8.62. The molecule has 0 aromatic heterocycles. The summed E-state index contributed by atoms with van der Waals surface area (Å²) in [6, 6.07) is 8.57. The molecular weight excluding hydrogens is 226 g/mol. The highest BCUT2D eigenvalue weighted by Gasteiger charge is 2.43. The second kappa shape index (κ2) is 5.11. The molecule has 18 heavy (non-hydrogen) atoms. The fraction of sp³-hybridized carbons (Fsp3) is 0.533. The molecule has 1 unspecified atom stereocenters. The molecule has 3 nitrogen and oxygen atoms in total. The van der Waals surface area contributed by atoms with Gasteiger partial charge in [0.2, 0.25) is 0 Å². The zero-order valence-corrected chi connectivity index (χ0v) is 11.3. The first-order valence-electron chi connectivity index (χ1n) is 6.55. The first kappa shape index (κ1) is 13.1. The van der Waals surface area contributed by atoms with E-state index in [0.717, 1.165) is 18.4 Å². The van der Waals surface area contributed by atoms with Gasteiger partial charge in [0.1, 0.15) is 5.54 Å². The van der Waals surface area contributed by atoms with Crippen molar-refractivity contribution < 1.29 is 9.53 Å². The van der Waals surface area contributed by atoms with Gasteiger partial charge in [-0.3, -0.25) is 5.32 Å². The van der Waals surface area contributed by atoms with Crippen LogP contribution in [-0.2, 0) is 15.1 Å². The monoisotopic (exact) mass is 247 g/mol. The van der Waals surface area contributed by atoms with Gasteiger partial charge in [0.05, 0.1) is 7.11 Å². The summed E-state index contributed by atoms with van der Waals surface area (Å²) in [6.45, 7) is 4.07. The third-order valence-corrected chi connectivity index (χ3v) is 3.64. The quantitative estimate of drug-likeness (QED) is 0.813. The minimum atomic E-state index is -0.691. The summed E-state index contributed by atoms with van der Waals surface area (Å²) in [5.74, 6) is -0.194. The van der Waals surface area contributed by atoms with Crippen LogP contribution in [0.3, 0.4) is 0 Å². The lowest BCUT2D eigenvalue weighted by Crippen LogP contribution is -2.50. The third kappa shape index (κ3) is 2.41. The molecule has 1 aliphatic rings. The van der Waals surface area contributed by atoms with Crippen LogP contribution in [0.5, 0.6) is 0 Å². The summed E-state index contributed by atoms with van der Waals surface area (Å²) in [5, 5.41) is 3.47. The maximum Gasteiger partial charge on any atom is 0.330 e. The summed E-state index contributed by atoms with van der Waals surface area (Å²) < 4.78 is 5.02. The van der Waals surface area contributed by atoms with Gasteiger partial charge in [-0.15, -0.1) is 0 Å². The van der Waals surface area contributed by atoms with E-state index in [1.54, 1.807) is 0 Å². The Bertz CT molecular complexity index is 423. The van der Waals surface area contributed by atoms with Crippen molar-refractivity contribution in [1.29, 1.82) is 0 Å². The van der Waals surface area contributed by atoms with Gasteiger partial charge >= 0.3 is 5.97 Å². The van der Waals surface area contributed by atoms with Gasteiger partial charge < -0.3 is 4.74 Å². The molecule has 1 atom stereocenters. The summed E-state index contributed by atoms with van der Waals surface area (Å²) in [5.41, 5.74) is 1.50. The van der Waals surface area contributed by atoms with Gasteiger partial charge in [-0.25, -0.2) is 4.79 Å². The van der Waals surface area contributed by atoms with Gasteiger partial charge in [-0.05, 0) is 31.7 Å². The molecule has 0 saturated heterocycles. The summed E-state index contributed by atoms with van der Waals surface area (Å²) in [6.07, 6.45) is 2.98. The van der Waals surface area contributed by atoms with Crippen LogP contribution < -0.4 is 5.32 Å². The molecule has 0 aliphatic heterocycles.